The highest BCUT2D eigenvalue weighted by atomic mass is 32.2. The highest BCUT2D eigenvalue weighted by Crippen LogP contribution is 2.25. The van der Waals surface area contributed by atoms with E-state index in [1.165, 1.54) is 23.9 Å². The molecule has 0 aromatic heterocycles. The van der Waals surface area contributed by atoms with Crippen LogP contribution in [0.25, 0.3) is 0 Å². The lowest BCUT2D eigenvalue weighted by molar-refractivity contribution is 0.0691. The number of benzene rings is 1. The number of carboxylic acid groups (broad SMARTS) is 1. The topological polar surface area (TPSA) is 61.1 Å². The molecule has 0 fully saturated rings. The molecular formula is C15H18FNO2S. The number of aromatic carboxylic acids is 1. The normalized spacial score (nSPS) is 11.1. The lowest BCUT2D eigenvalue weighted by Gasteiger charge is -2.14. The van der Waals surface area contributed by atoms with Crippen LogP contribution >= 0.6 is 11.8 Å². The Morgan fingerprint density at radius 2 is 2.15 bits per heavy atom. The molecule has 1 aromatic rings. The molecule has 0 aliphatic carbocycles. The van der Waals surface area contributed by atoms with Gasteiger partial charge in [-0.3, -0.25) is 0 Å². The molecule has 0 spiro atoms. The van der Waals surface area contributed by atoms with Gasteiger partial charge in [0.1, 0.15) is 5.82 Å². The molecule has 0 saturated heterocycles. The van der Waals surface area contributed by atoms with Gasteiger partial charge in [0.05, 0.1) is 17.0 Å². The van der Waals surface area contributed by atoms with Gasteiger partial charge in [-0.2, -0.15) is 5.26 Å². The van der Waals surface area contributed by atoms with Gasteiger partial charge < -0.3 is 5.11 Å². The zero-order valence-corrected chi connectivity index (χ0v) is 12.5. The molecule has 0 heterocycles. The lowest BCUT2D eigenvalue weighted by Crippen LogP contribution is -2.07. The van der Waals surface area contributed by atoms with Crippen molar-refractivity contribution in [2.24, 2.45) is 5.41 Å². The fraction of sp³-hybridized carbons (Fsp3) is 0.467. The predicted molar refractivity (Wildman–Crippen MR) is 77.3 cm³/mol. The van der Waals surface area contributed by atoms with E-state index in [0.29, 0.717) is 0 Å². The number of carbonyl (C=O) groups is 1. The molecule has 0 aliphatic heterocycles. The monoisotopic (exact) mass is 295 g/mol. The number of carboxylic acids is 1. The number of hydrogen-bond acceptors (Lipinski definition) is 3. The van der Waals surface area contributed by atoms with E-state index in [2.05, 4.69) is 6.07 Å². The first-order chi connectivity index (χ1) is 9.35. The standard InChI is InChI=1S/C15H18FNO2S/c1-15(2,10-17)7-3-4-8-20-11-5-6-13(16)12(9-11)14(18)19/h5-6,9H,3-4,7-8H2,1-2H3,(H,18,19). The van der Waals surface area contributed by atoms with E-state index in [0.717, 1.165) is 29.9 Å². The van der Waals surface area contributed by atoms with Gasteiger partial charge in [-0.05, 0) is 50.6 Å². The molecule has 0 saturated carbocycles. The number of rotatable bonds is 7. The summed E-state index contributed by atoms with van der Waals surface area (Å²) in [4.78, 5) is 11.6. The van der Waals surface area contributed by atoms with Crippen LogP contribution in [0, 0.1) is 22.6 Å². The van der Waals surface area contributed by atoms with Crippen molar-refractivity contribution in [1.82, 2.24) is 0 Å². The van der Waals surface area contributed by atoms with Crippen molar-refractivity contribution in [3.63, 3.8) is 0 Å². The maximum absolute atomic E-state index is 13.2. The van der Waals surface area contributed by atoms with Gasteiger partial charge in [-0.1, -0.05) is 6.42 Å². The highest BCUT2D eigenvalue weighted by molar-refractivity contribution is 7.99. The van der Waals surface area contributed by atoms with Crippen LogP contribution in [0.15, 0.2) is 23.1 Å². The molecule has 0 bridgehead atoms. The fourth-order valence-corrected chi connectivity index (χ4v) is 2.62. The van der Waals surface area contributed by atoms with Crippen molar-refractivity contribution in [3.05, 3.63) is 29.6 Å². The largest absolute Gasteiger partial charge is 0.478 e. The number of nitriles is 1. The summed E-state index contributed by atoms with van der Waals surface area (Å²) in [6, 6.07) is 6.40. The van der Waals surface area contributed by atoms with Gasteiger partial charge in [0.2, 0.25) is 0 Å². The average Bonchev–Trinajstić information content (AvgIpc) is 2.39. The summed E-state index contributed by atoms with van der Waals surface area (Å²) < 4.78 is 13.2. The summed E-state index contributed by atoms with van der Waals surface area (Å²) in [6.45, 7) is 3.83. The molecule has 0 aliphatic rings. The van der Waals surface area contributed by atoms with Gasteiger partial charge >= 0.3 is 5.97 Å². The third kappa shape index (κ3) is 5.22. The number of hydrogen-bond donors (Lipinski definition) is 1. The third-order valence-electron chi connectivity index (χ3n) is 2.94. The first kappa shape index (κ1) is 16.5. The second-order valence-electron chi connectivity index (χ2n) is 5.25. The quantitative estimate of drug-likeness (QED) is 0.600. The minimum absolute atomic E-state index is 0.291. The van der Waals surface area contributed by atoms with E-state index in [1.54, 1.807) is 6.07 Å². The van der Waals surface area contributed by atoms with Crippen LogP contribution in [-0.4, -0.2) is 16.8 Å². The van der Waals surface area contributed by atoms with Crippen molar-refractivity contribution >= 4 is 17.7 Å². The van der Waals surface area contributed by atoms with Crippen molar-refractivity contribution in [1.29, 1.82) is 5.26 Å². The Morgan fingerprint density at radius 3 is 2.75 bits per heavy atom. The second-order valence-corrected chi connectivity index (χ2v) is 6.42. The molecule has 0 atom stereocenters. The van der Waals surface area contributed by atoms with Gasteiger partial charge in [0.15, 0.2) is 0 Å². The van der Waals surface area contributed by atoms with E-state index in [9.17, 15) is 9.18 Å². The van der Waals surface area contributed by atoms with Crippen LogP contribution in [0.5, 0.6) is 0 Å². The molecule has 1 N–H and O–H groups in total. The number of nitrogens with zero attached hydrogens (tertiary/aromatic N) is 1. The minimum Gasteiger partial charge on any atom is -0.478 e. The second kappa shape index (κ2) is 7.30. The zero-order chi connectivity index (χ0) is 15.2. The Bertz CT molecular complexity index is 523. The van der Waals surface area contributed by atoms with E-state index < -0.39 is 11.8 Å². The van der Waals surface area contributed by atoms with E-state index in [1.807, 2.05) is 13.8 Å². The summed E-state index contributed by atoms with van der Waals surface area (Å²) in [5.41, 5.74) is -0.586. The van der Waals surface area contributed by atoms with Crippen LogP contribution in [-0.2, 0) is 0 Å². The van der Waals surface area contributed by atoms with Crippen LogP contribution in [0.4, 0.5) is 4.39 Å². The number of thioether (sulfide) groups is 1. The lowest BCUT2D eigenvalue weighted by atomic mass is 9.89. The maximum Gasteiger partial charge on any atom is 0.338 e. The predicted octanol–water partition coefficient (Wildman–Crippen LogP) is 4.34. The van der Waals surface area contributed by atoms with E-state index in [4.69, 9.17) is 10.4 Å². The van der Waals surface area contributed by atoms with Crippen LogP contribution in [0.2, 0.25) is 0 Å². The summed E-state index contributed by atoms with van der Waals surface area (Å²) >= 11 is 1.51. The number of halogens is 1. The third-order valence-corrected chi connectivity index (χ3v) is 4.02. The fourth-order valence-electron chi connectivity index (χ4n) is 1.67. The molecule has 5 heteroatoms. The summed E-state index contributed by atoms with van der Waals surface area (Å²) in [5, 5.41) is 17.7. The average molecular weight is 295 g/mol. The molecule has 0 radical (unpaired) electrons. The number of unbranched alkanes of at least 4 members (excludes halogenated alkanes) is 1. The van der Waals surface area contributed by atoms with Crippen molar-refractivity contribution in [3.8, 4) is 6.07 Å². The first-order valence-electron chi connectivity index (χ1n) is 6.42. The molecule has 108 valence electrons. The SMILES string of the molecule is CC(C)(C#N)CCCCSc1ccc(F)c(C(=O)O)c1. The van der Waals surface area contributed by atoms with Crippen LogP contribution in [0.3, 0.4) is 0 Å². The Kier molecular flexibility index (Phi) is 6.03. The Morgan fingerprint density at radius 1 is 1.45 bits per heavy atom. The van der Waals surface area contributed by atoms with Gasteiger partial charge in [0, 0.05) is 4.90 Å². The Labute approximate surface area is 122 Å². The van der Waals surface area contributed by atoms with E-state index in [-0.39, 0.29) is 11.0 Å². The summed E-state index contributed by atoms with van der Waals surface area (Å²) in [5.74, 6) is -1.13. The van der Waals surface area contributed by atoms with Gasteiger partial charge in [-0.15, -0.1) is 11.8 Å². The molecule has 0 unspecified atom stereocenters. The summed E-state index contributed by atoms with van der Waals surface area (Å²) in [7, 11) is 0. The van der Waals surface area contributed by atoms with Crippen molar-refractivity contribution in [2.75, 3.05) is 5.75 Å². The van der Waals surface area contributed by atoms with Crippen molar-refractivity contribution in [2.45, 2.75) is 38.0 Å². The highest BCUT2D eigenvalue weighted by Gasteiger charge is 2.15. The van der Waals surface area contributed by atoms with Gasteiger partial charge in [-0.25, -0.2) is 9.18 Å². The van der Waals surface area contributed by atoms with Gasteiger partial charge in [0.25, 0.3) is 0 Å². The molecule has 1 aromatic carbocycles. The van der Waals surface area contributed by atoms with Crippen molar-refractivity contribution < 1.29 is 14.3 Å². The smallest absolute Gasteiger partial charge is 0.338 e. The molecule has 1 rings (SSSR count). The Balaban J connectivity index is 2.42. The van der Waals surface area contributed by atoms with Crippen LogP contribution < -0.4 is 0 Å². The molecular weight excluding hydrogens is 277 g/mol. The Hall–Kier alpha value is -1.54. The maximum atomic E-state index is 13.2. The molecule has 0 amide bonds. The first-order valence-corrected chi connectivity index (χ1v) is 7.41. The van der Waals surface area contributed by atoms with E-state index >= 15 is 0 Å². The molecule has 3 nitrogen and oxygen atoms in total. The molecule has 20 heavy (non-hydrogen) atoms. The summed E-state index contributed by atoms with van der Waals surface area (Å²) in [6.07, 6.45) is 2.73. The van der Waals surface area contributed by atoms with Crippen LogP contribution in [0.1, 0.15) is 43.5 Å². The minimum atomic E-state index is -1.25. The zero-order valence-electron chi connectivity index (χ0n) is 11.6.